The van der Waals surface area contributed by atoms with Crippen LogP contribution in [0.3, 0.4) is 0 Å². The molecule has 1 heterocycles. The SMILES string of the molecule is C=NC(=O)[C@@H]1CCCN1C(=O)[C@H](CCCCC/C=C\[C@@H]1C[C@@H]1C(=O)NS(=O)(=O)C1CC1)NC(=O)CC(C)(C)C. The van der Waals surface area contributed by atoms with Crippen molar-refractivity contribution < 1.29 is 27.6 Å². The Kier molecular flexibility index (Phi) is 10.5. The van der Waals surface area contributed by atoms with Crippen molar-refractivity contribution in [2.45, 2.75) is 109 Å². The number of hydrogen-bond donors (Lipinski definition) is 2. The third-order valence-corrected chi connectivity index (χ3v) is 9.27. The molecule has 2 aliphatic carbocycles. The van der Waals surface area contributed by atoms with Gasteiger partial charge in [0.05, 0.1) is 5.25 Å². The molecular formula is C28H44N4O6S. The second-order valence-electron chi connectivity index (χ2n) is 12.3. The molecule has 0 aromatic rings. The van der Waals surface area contributed by atoms with Gasteiger partial charge in [-0.05, 0) is 69.4 Å². The van der Waals surface area contributed by atoms with Crippen LogP contribution in [-0.4, -0.2) is 67.5 Å². The van der Waals surface area contributed by atoms with Gasteiger partial charge in [0, 0.05) is 18.9 Å². The number of allylic oxidation sites excluding steroid dienone is 2. The molecule has 3 fully saturated rings. The van der Waals surface area contributed by atoms with Crippen molar-refractivity contribution in [3.05, 3.63) is 12.2 Å². The van der Waals surface area contributed by atoms with Crippen molar-refractivity contribution in [1.82, 2.24) is 14.9 Å². The van der Waals surface area contributed by atoms with Gasteiger partial charge < -0.3 is 10.2 Å². The summed E-state index contributed by atoms with van der Waals surface area (Å²) in [5.41, 5.74) is -0.213. The minimum atomic E-state index is -3.50. The van der Waals surface area contributed by atoms with Crippen LogP contribution >= 0.6 is 0 Å². The molecule has 1 aliphatic heterocycles. The molecule has 0 aromatic heterocycles. The largest absolute Gasteiger partial charge is 0.344 e. The number of sulfonamides is 1. The number of amides is 4. The molecule has 0 spiro atoms. The van der Waals surface area contributed by atoms with Gasteiger partial charge in [-0.1, -0.05) is 45.8 Å². The fraction of sp³-hybridized carbons (Fsp3) is 0.750. The molecule has 218 valence electrons. The number of hydrogen-bond acceptors (Lipinski definition) is 6. The number of carbonyl (C=O) groups is 4. The Labute approximate surface area is 232 Å². The molecule has 0 bridgehead atoms. The van der Waals surface area contributed by atoms with Gasteiger partial charge in [-0.15, -0.1) is 0 Å². The lowest BCUT2D eigenvalue weighted by Gasteiger charge is -2.28. The summed E-state index contributed by atoms with van der Waals surface area (Å²) in [5, 5.41) is 2.51. The summed E-state index contributed by atoms with van der Waals surface area (Å²) < 4.78 is 26.1. The lowest BCUT2D eigenvalue weighted by Crippen LogP contribution is -2.51. The van der Waals surface area contributed by atoms with Crippen LogP contribution in [0, 0.1) is 17.3 Å². The highest BCUT2D eigenvalue weighted by Gasteiger charge is 2.45. The van der Waals surface area contributed by atoms with E-state index in [1.54, 1.807) is 4.90 Å². The molecule has 10 nitrogen and oxygen atoms in total. The molecule has 4 amide bonds. The van der Waals surface area contributed by atoms with E-state index in [-0.39, 0.29) is 29.1 Å². The van der Waals surface area contributed by atoms with Gasteiger partial charge in [0.2, 0.25) is 27.7 Å². The van der Waals surface area contributed by atoms with Crippen LogP contribution in [0.1, 0.15) is 91.4 Å². The number of unbranched alkanes of at least 4 members (excludes halogenated alkanes) is 3. The first-order valence-electron chi connectivity index (χ1n) is 14.1. The Bertz CT molecular complexity index is 1080. The molecular weight excluding hydrogens is 520 g/mol. The Balaban J connectivity index is 1.42. The first-order chi connectivity index (χ1) is 18.3. The first kappa shape index (κ1) is 31.0. The average molecular weight is 565 g/mol. The molecule has 11 heteroatoms. The highest BCUT2D eigenvalue weighted by molar-refractivity contribution is 7.90. The van der Waals surface area contributed by atoms with Crippen molar-refractivity contribution in [1.29, 1.82) is 0 Å². The minimum Gasteiger partial charge on any atom is -0.344 e. The van der Waals surface area contributed by atoms with Crippen LogP contribution in [0.5, 0.6) is 0 Å². The molecule has 3 rings (SSSR count). The maximum absolute atomic E-state index is 13.4. The molecule has 2 N–H and O–H groups in total. The van der Waals surface area contributed by atoms with E-state index in [2.05, 4.69) is 21.7 Å². The van der Waals surface area contributed by atoms with Gasteiger partial charge in [-0.25, -0.2) is 13.4 Å². The van der Waals surface area contributed by atoms with Crippen molar-refractivity contribution in [2.24, 2.45) is 22.2 Å². The summed E-state index contributed by atoms with van der Waals surface area (Å²) in [5.74, 6) is -1.41. The number of aliphatic imine (C=N–C) groups is 1. The molecule has 0 radical (unpaired) electrons. The van der Waals surface area contributed by atoms with Gasteiger partial charge >= 0.3 is 0 Å². The maximum Gasteiger partial charge on any atom is 0.267 e. The van der Waals surface area contributed by atoms with E-state index >= 15 is 0 Å². The highest BCUT2D eigenvalue weighted by atomic mass is 32.2. The third kappa shape index (κ3) is 9.54. The van der Waals surface area contributed by atoms with E-state index < -0.39 is 39.2 Å². The van der Waals surface area contributed by atoms with Crippen LogP contribution < -0.4 is 10.0 Å². The topological polar surface area (TPSA) is 142 Å². The second kappa shape index (κ2) is 13.2. The normalized spacial score (nSPS) is 23.9. The summed E-state index contributed by atoms with van der Waals surface area (Å²) in [7, 11) is -3.50. The predicted molar refractivity (Wildman–Crippen MR) is 149 cm³/mol. The monoisotopic (exact) mass is 564 g/mol. The van der Waals surface area contributed by atoms with Gasteiger partial charge in [-0.2, -0.15) is 0 Å². The summed E-state index contributed by atoms with van der Waals surface area (Å²) in [6, 6.07) is -1.30. The lowest BCUT2D eigenvalue weighted by molar-refractivity contribution is -0.141. The number of nitrogens with zero attached hydrogens (tertiary/aromatic N) is 2. The first-order valence-corrected chi connectivity index (χ1v) is 15.7. The van der Waals surface area contributed by atoms with Crippen LogP contribution in [0.25, 0.3) is 0 Å². The fourth-order valence-electron chi connectivity index (χ4n) is 5.04. The zero-order valence-electron chi connectivity index (χ0n) is 23.5. The summed E-state index contributed by atoms with van der Waals surface area (Å²) >= 11 is 0. The van der Waals surface area contributed by atoms with E-state index in [0.717, 1.165) is 25.7 Å². The van der Waals surface area contributed by atoms with Crippen molar-refractivity contribution >= 4 is 40.4 Å². The second-order valence-corrected chi connectivity index (χ2v) is 14.3. The number of carbonyl (C=O) groups excluding carboxylic acids is 4. The zero-order valence-corrected chi connectivity index (χ0v) is 24.3. The van der Waals surface area contributed by atoms with Crippen LogP contribution in [0.2, 0.25) is 0 Å². The van der Waals surface area contributed by atoms with E-state index in [9.17, 15) is 27.6 Å². The van der Waals surface area contributed by atoms with E-state index in [1.807, 2.05) is 32.9 Å². The molecule has 1 saturated heterocycles. The molecule has 0 aromatic carbocycles. The molecule has 2 saturated carbocycles. The Morgan fingerprint density at radius 3 is 2.46 bits per heavy atom. The van der Waals surface area contributed by atoms with Gasteiger partial charge in [0.1, 0.15) is 12.1 Å². The van der Waals surface area contributed by atoms with E-state index in [0.29, 0.717) is 51.5 Å². The predicted octanol–water partition coefficient (Wildman–Crippen LogP) is 2.88. The molecule has 0 unspecified atom stereocenters. The van der Waals surface area contributed by atoms with Gasteiger partial charge in [-0.3, -0.25) is 23.9 Å². The Hall–Kier alpha value is -2.56. The van der Waals surface area contributed by atoms with Gasteiger partial charge in [0.25, 0.3) is 5.91 Å². The number of nitrogens with one attached hydrogen (secondary N) is 2. The minimum absolute atomic E-state index is 0.0839. The summed E-state index contributed by atoms with van der Waals surface area (Å²) in [6.45, 7) is 9.68. The number of rotatable bonds is 14. The van der Waals surface area contributed by atoms with Crippen LogP contribution in [0.4, 0.5) is 0 Å². The number of likely N-dealkylation sites (tertiary alicyclic amines) is 1. The Morgan fingerprint density at radius 1 is 1.10 bits per heavy atom. The van der Waals surface area contributed by atoms with Crippen molar-refractivity contribution in [3.63, 3.8) is 0 Å². The average Bonchev–Trinajstić information content (AvgIpc) is 3.77. The summed E-state index contributed by atoms with van der Waals surface area (Å²) in [6.07, 6.45) is 11.3. The maximum atomic E-state index is 13.4. The van der Waals surface area contributed by atoms with Crippen LogP contribution in [0.15, 0.2) is 17.1 Å². The third-order valence-electron chi connectivity index (χ3n) is 7.43. The van der Waals surface area contributed by atoms with Crippen molar-refractivity contribution in [3.8, 4) is 0 Å². The smallest absolute Gasteiger partial charge is 0.267 e. The van der Waals surface area contributed by atoms with Gasteiger partial charge in [0.15, 0.2) is 0 Å². The summed E-state index contributed by atoms with van der Waals surface area (Å²) in [4.78, 5) is 55.4. The highest BCUT2D eigenvalue weighted by Crippen LogP contribution is 2.40. The van der Waals surface area contributed by atoms with E-state index in [1.165, 1.54) is 0 Å². The zero-order chi connectivity index (χ0) is 28.8. The van der Waals surface area contributed by atoms with Crippen LogP contribution in [-0.2, 0) is 29.2 Å². The lowest BCUT2D eigenvalue weighted by atomic mass is 9.91. The standard InChI is InChI=1S/C28H44N4O6S/c1-28(2,3)18-24(33)30-22(27(36)32-16-10-13-23(32)26(35)29-4)12-9-7-5-6-8-11-19-17-21(19)25(34)31-39(37,38)20-14-15-20/h8,11,19-23H,4-7,9-10,12-18H2,1-3H3,(H,30,33)(H,31,34)/b11-8-/t19-,21+,22+,23+/m1/s1. The molecule has 3 aliphatic rings. The quantitative estimate of drug-likeness (QED) is 0.189. The fourth-order valence-corrected chi connectivity index (χ4v) is 6.40. The Morgan fingerprint density at radius 2 is 1.82 bits per heavy atom. The molecule has 39 heavy (non-hydrogen) atoms. The van der Waals surface area contributed by atoms with E-state index in [4.69, 9.17) is 0 Å². The molecule has 4 atom stereocenters. The van der Waals surface area contributed by atoms with Crippen molar-refractivity contribution in [2.75, 3.05) is 6.54 Å².